The van der Waals surface area contributed by atoms with Crippen LogP contribution in [-0.4, -0.2) is 30.2 Å². The van der Waals surface area contributed by atoms with Gasteiger partial charge in [-0.05, 0) is 17.6 Å². The Labute approximate surface area is 87.1 Å². The second-order valence-corrected chi connectivity index (χ2v) is 5.05. The highest BCUT2D eigenvalue weighted by molar-refractivity contribution is 7.80. The Kier molecular flexibility index (Phi) is 5.45. The Balaban J connectivity index is 3.74. The van der Waals surface area contributed by atoms with Crippen LogP contribution in [-0.2, 0) is 4.79 Å². The maximum atomic E-state index is 11.3. The first-order valence-corrected chi connectivity index (χ1v) is 5.35. The molecule has 0 aliphatic heterocycles. The van der Waals surface area contributed by atoms with Gasteiger partial charge < -0.3 is 4.90 Å². The van der Waals surface area contributed by atoms with Gasteiger partial charge in [0.25, 0.3) is 0 Å². The van der Waals surface area contributed by atoms with Gasteiger partial charge in [0.15, 0.2) is 0 Å². The van der Waals surface area contributed by atoms with Gasteiger partial charge in [0.05, 0.1) is 0 Å². The van der Waals surface area contributed by atoms with Crippen molar-refractivity contribution in [1.29, 1.82) is 0 Å². The SMILES string of the molecule is CN(CCC(C)(C)C)C(=O)CCS. The molecule has 0 fully saturated rings. The van der Waals surface area contributed by atoms with E-state index in [0.717, 1.165) is 13.0 Å². The molecule has 0 spiro atoms. The lowest BCUT2D eigenvalue weighted by Gasteiger charge is -2.23. The Morgan fingerprint density at radius 3 is 2.31 bits per heavy atom. The second-order valence-electron chi connectivity index (χ2n) is 4.60. The Morgan fingerprint density at radius 1 is 1.38 bits per heavy atom. The van der Waals surface area contributed by atoms with E-state index in [1.807, 2.05) is 7.05 Å². The quantitative estimate of drug-likeness (QED) is 0.695. The van der Waals surface area contributed by atoms with Crippen LogP contribution >= 0.6 is 12.6 Å². The number of thiol groups is 1. The van der Waals surface area contributed by atoms with Crippen LogP contribution in [0.2, 0.25) is 0 Å². The van der Waals surface area contributed by atoms with Crippen LogP contribution in [0.1, 0.15) is 33.6 Å². The molecule has 0 unspecified atom stereocenters. The molecule has 0 saturated heterocycles. The van der Waals surface area contributed by atoms with E-state index in [1.54, 1.807) is 4.90 Å². The molecule has 1 amide bonds. The third-order valence-corrected chi connectivity index (χ3v) is 2.17. The van der Waals surface area contributed by atoms with Gasteiger partial charge in [0.1, 0.15) is 0 Å². The molecule has 0 heterocycles. The summed E-state index contributed by atoms with van der Waals surface area (Å²) in [4.78, 5) is 13.1. The highest BCUT2D eigenvalue weighted by Gasteiger charge is 2.13. The fraction of sp³-hybridized carbons (Fsp3) is 0.900. The van der Waals surface area contributed by atoms with E-state index in [9.17, 15) is 4.79 Å². The van der Waals surface area contributed by atoms with Crippen molar-refractivity contribution in [1.82, 2.24) is 4.90 Å². The molecule has 78 valence electrons. The molecule has 13 heavy (non-hydrogen) atoms. The predicted octanol–water partition coefficient (Wildman–Crippen LogP) is 2.20. The molecular formula is C10H21NOS. The normalized spacial score (nSPS) is 11.5. The van der Waals surface area contributed by atoms with E-state index in [2.05, 4.69) is 33.4 Å². The van der Waals surface area contributed by atoms with Crippen molar-refractivity contribution in [3.8, 4) is 0 Å². The van der Waals surface area contributed by atoms with E-state index in [-0.39, 0.29) is 5.91 Å². The van der Waals surface area contributed by atoms with Crippen molar-refractivity contribution in [2.24, 2.45) is 5.41 Å². The molecule has 0 bridgehead atoms. The Hall–Kier alpha value is -0.180. The zero-order valence-electron chi connectivity index (χ0n) is 9.13. The van der Waals surface area contributed by atoms with Crippen molar-refractivity contribution in [2.75, 3.05) is 19.3 Å². The Bertz CT molecular complexity index is 163. The summed E-state index contributed by atoms with van der Waals surface area (Å²) in [5.41, 5.74) is 0.301. The number of hydrogen-bond donors (Lipinski definition) is 1. The second kappa shape index (κ2) is 5.53. The zero-order valence-corrected chi connectivity index (χ0v) is 10.0. The average Bonchev–Trinajstić information content (AvgIpc) is 1.99. The third-order valence-electron chi connectivity index (χ3n) is 1.95. The Morgan fingerprint density at radius 2 is 1.92 bits per heavy atom. The van der Waals surface area contributed by atoms with Gasteiger partial charge in [-0.2, -0.15) is 12.6 Å². The summed E-state index contributed by atoms with van der Waals surface area (Å²) < 4.78 is 0. The first-order valence-electron chi connectivity index (χ1n) is 4.71. The molecule has 0 aliphatic rings. The van der Waals surface area contributed by atoms with Crippen molar-refractivity contribution >= 4 is 18.5 Å². The minimum atomic E-state index is 0.194. The van der Waals surface area contributed by atoms with Gasteiger partial charge in [-0.3, -0.25) is 4.79 Å². The van der Waals surface area contributed by atoms with Gasteiger partial charge in [-0.25, -0.2) is 0 Å². The first kappa shape index (κ1) is 12.8. The zero-order chi connectivity index (χ0) is 10.5. The standard InChI is InChI=1S/C10H21NOS/c1-10(2,3)6-7-11(4)9(12)5-8-13/h13H,5-8H2,1-4H3. The van der Waals surface area contributed by atoms with E-state index in [0.29, 0.717) is 17.6 Å². The van der Waals surface area contributed by atoms with Crippen molar-refractivity contribution < 1.29 is 4.79 Å². The highest BCUT2D eigenvalue weighted by Crippen LogP contribution is 2.18. The van der Waals surface area contributed by atoms with Gasteiger partial charge in [0, 0.05) is 20.0 Å². The number of carbonyl (C=O) groups excluding carboxylic acids is 1. The van der Waals surface area contributed by atoms with E-state index in [4.69, 9.17) is 0 Å². The van der Waals surface area contributed by atoms with Crippen LogP contribution in [0.3, 0.4) is 0 Å². The monoisotopic (exact) mass is 203 g/mol. The molecule has 0 N–H and O–H groups in total. The minimum absolute atomic E-state index is 0.194. The molecule has 0 aromatic heterocycles. The number of amides is 1. The summed E-state index contributed by atoms with van der Waals surface area (Å²) in [7, 11) is 1.86. The van der Waals surface area contributed by atoms with Crippen LogP contribution in [0.5, 0.6) is 0 Å². The summed E-state index contributed by atoms with van der Waals surface area (Å²) in [6.45, 7) is 7.40. The summed E-state index contributed by atoms with van der Waals surface area (Å²) in [6.07, 6.45) is 1.59. The van der Waals surface area contributed by atoms with Gasteiger partial charge >= 0.3 is 0 Å². The lowest BCUT2D eigenvalue weighted by Crippen LogP contribution is -2.30. The lowest BCUT2D eigenvalue weighted by atomic mass is 9.92. The first-order chi connectivity index (χ1) is 5.87. The molecule has 0 aromatic carbocycles. The van der Waals surface area contributed by atoms with E-state index >= 15 is 0 Å². The maximum absolute atomic E-state index is 11.3. The van der Waals surface area contributed by atoms with Crippen LogP contribution in [0, 0.1) is 5.41 Å². The minimum Gasteiger partial charge on any atom is -0.346 e. The van der Waals surface area contributed by atoms with E-state index in [1.165, 1.54) is 0 Å². The number of nitrogens with zero attached hydrogens (tertiary/aromatic N) is 1. The maximum Gasteiger partial charge on any atom is 0.223 e. The van der Waals surface area contributed by atoms with Gasteiger partial charge in [0.2, 0.25) is 5.91 Å². The molecular weight excluding hydrogens is 182 g/mol. The van der Waals surface area contributed by atoms with Crippen LogP contribution < -0.4 is 0 Å². The van der Waals surface area contributed by atoms with E-state index < -0.39 is 0 Å². The fourth-order valence-electron chi connectivity index (χ4n) is 0.914. The van der Waals surface area contributed by atoms with Gasteiger partial charge in [-0.15, -0.1) is 0 Å². The molecule has 0 saturated carbocycles. The largest absolute Gasteiger partial charge is 0.346 e. The third kappa shape index (κ3) is 6.94. The average molecular weight is 203 g/mol. The number of rotatable bonds is 4. The molecule has 3 heteroatoms. The highest BCUT2D eigenvalue weighted by atomic mass is 32.1. The summed E-state index contributed by atoms with van der Waals surface area (Å²) in [6, 6.07) is 0. The predicted molar refractivity (Wildman–Crippen MR) is 60.2 cm³/mol. The molecule has 2 nitrogen and oxygen atoms in total. The van der Waals surface area contributed by atoms with Crippen molar-refractivity contribution in [2.45, 2.75) is 33.6 Å². The fourth-order valence-corrected chi connectivity index (χ4v) is 1.11. The van der Waals surface area contributed by atoms with Crippen LogP contribution in [0.25, 0.3) is 0 Å². The molecule has 0 atom stereocenters. The van der Waals surface area contributed by atoms with Crippen molar-refractivity contribution in [3.05, 3.63) is 0 Å². The van der Waals surface area contributed by atoms with Gasteiger partial charge in [-0.1, -0.05) is 20.8 Å². The van der Waals surface area contributed by atoms with Crippen LogP contribution in [0.4, 0.5) is 0 Å². The van der Waals surface area contributed by atoms with Crippen LogP contribution in [0.15, 0.2) is 0 Å². The summed E-state index contributed by atoms with van der Waals surface area (Å²) in [5, 5.41) is 0. The molecule has 0 rings (SSSR count). The van der Waals surface area contributed by atoms with Crippen molar-refractivity contribution in [3.63, 3.8) is 0 Å². The smallest absolute Gasteiger partial charge is 0.223 e. The lowest BCUT2D eigenvalue weighted by molar-refractivity contribution is -0.129. The molecule has 0 radical (unpaired) electrons. The molecule has 0 aliphatic carbocycles. The molecule has 0 aromatic rings. The number of hydrogen-bond acceptors (Lipinski definition) is 2. The summed E-state index contributed by atoms with van der Waals surface area (Å²) in [5.74, 6) is 0.831. The number of carbonyl (C=O) groups is 1. The summed E-state index contributed by atoms with van der Waals surface area (Å²) >= 11 is 4.03. The topological polar surface area (TPSA) is 20.3 Å².